The maximum Gasteiger partial charge on any atom is 0.123 e. The van der Waals surface area contributed by atoms with E-state index in [4.69, 9.17) is 0 Å². The van der Waals surface area contributed by atoms with Gasteiger partial charge in [0.05, 0.1) is 0 Å². The van der Waals surface area contributed by atoms with Crippen LogP contribution < -0.4 is 0 Å². The minimum absolute atomic E-state index is 0.190. The first kappa shape index (κ1) is 10.9. The Kier molecular flexibility index (Phi) is 3.35. The summed E-state index contributed by atoms with van der Waals surface area (Å²) in [5, 5.41) is 0. The van der Waals surface area contributed by atoms with E-state index in [1.54, 1.807) is 12.1 Å². The largest absolute Gasteiger partial charge is 0.207 e. The van der Waals surface area contributed by atoms with Gasteiger partial charge in [0.1, 0.15) is 5.82 Å². The Morgan fingerprint density at radius 3 is 2.19 bits per heavy atom. The third kappa shape index (κ3) is 2.69. The summed E-state index contributed by atoms with van der Waals surface area (Å²) in [5.74, 6) is 0.149. The van der Waals surface area contributed by atoms with Gasteiger partial charge < -0.3 is 0 Å². The molecule has 0 aliphatic heterocycles. The van der Waals surface area contributed by atoms with Gasteiger partial charge in [-0.25, -0.2) is 4.39 Å². The molecule has 16 heavy (non-hydrogen) atoms. The summed E-state index contributed by atoms with van der Waals surface area (Å²) in [4.78, 5) is 0. The van der Waals surface area contributed by atoms with Gasteiger partial charge in [-0.15, -0.1) is 0 Å². The predicted molar refractivity (Wildman–Crippen MR) is 64.7 cm³/mol. The van der Waals surface area contributed by atoms with Gasteiger partial charge in [-0.2, -0.15) is 0 Å². The Labute approximate surface area is 95.7 Å². The maximum atomic E-state index is 12.7. The van der Waals surface area contributed by atoms with Gasteiger partial charge in [-0.3, -0.25) is 0 Å². The molecule has 0 aromatic heterocycles. The number of halogens is 1. The van der Waals surface area contributed by atoms with Gasteiger partial charge in [0.15, 0.2) is 0 Å². The van der Waals surface area contributed by atoms with E-state index in [-0.39, 0.29) is 5.82 Å². The molecule has 0 saturated carbocycles. The zero-order valence-corrected chi connectivity index (χ0v) is 9.23. The highest BCUT2D eigenvalue weighted by atomic mass is 19.1. The van der Waals surface area contributed by atoms with Crippen molar-refractivity contribution in [2.75, 3.05) is 0 Å². The molecule has 0 aliphatic carbocycles. The van der Waals surface area contributed by atoms with Gasteiger partial charge >= 0.3 is 0 Å². The van der Waals surface area contributed by atoms with Crippen LogP contribution in [0, 0.1) is 12.2 Å². The minimum atomic E-state index is -0.190. The van der Waals surface area contributed by atoms with Crippen LogP contribution in [0.25, 0.3) is 0 Å². The van der Waals surface area contributed by atoms with Crippen LogP contribution >= 0.6 is 0 Å². The molecule has 0 saturated heterocycles. The van der Waals surface area contributed by atoms with E-state index < -0.39 is 0 Å². The normalized spacial score (nSPS) is 12.4. The topological polar surface area (TPSA) is 0 Å². The van der Waals surface area contributed by atoms with Gasteiger partial charge in [0.25, 0.3) is 0 Å². The van der Waals surface area contributed by atoms with E-state index >= 15 is 0 Å². The Hall–Kier alpha value is -1.63. The van der Waals surface area contributed by atoms with Crippen LogP contribution in [0.4, 0.5) is 4.39 Å². The van der Waals surface area contributed by atoms with Crippen molar-refractivity contribution >= 4 is 0 Å². The molecule has 2 rings (SSSR count). The van der Waals surface area contributed by atoms with E-state index in [9.17, 15) is 4.39 Å². The Bertz CT molecular complexity index is 431. The standard InChI is InChI=1S/C15H14F/c1-12(14-5-3-2-4-6-14)11-13-7-9-15(16)10-8-13/h2-12H,1H3. The summed E-state index contributed by atoms with van der Waals surface area (Å²) in [6, 6.07) is 16.9. The lowest BCUT2D eigenvalue weighted by Crippen LogP contribution is -1.95. The monoisotopic (exact) mass is 213 g/mol. The zero-order valence-electron chi connectivity index (χ0n) is 9.23. The first-order valence-corrected chi connectivity index (χ1v) is 5.41. The molecule has 0 bridgehead atoms. The van der Waals surface area contributed by atoms with Crippen LogP contribution in [-0.4, -0.2) is 0 Å². The highest BCUT2D eigenvalue weighted by Crippen LogP contribution is 2.21. The van der Waals surface area contributed by atoms with E-state index in [1.165, 1.54) is 17.7 Å². The van der Waals surface area contributed by atoms with Crippen molar-refractivity contribution in [3.8, 4) is 0 Å². The van der Waals surface area contributed by atoms with Crippen LogP contribution in [-0.2, 0) is 0 Å². The Morgan fingerprint density at radius 1 is 0.938 bits per heavy atom. The van der Waals surface area contributed by atoms with Crippen molar-refractivity contribution in [1.82, 2.24) is 0 Å². The second kappa shape index (κ2) is 4.93. The molecule has 81 valence electrons. The molecule has 1 heteroatoms. The van der Waals surface area contributed by atoms with Crippen molar-refractivity contribution in [2.24, 2.45) is 0 Å². The lowest BCUT2D eigenvalue weighted by Gasteiger charge is -2.11. The summed E-state index contributed by atoms with van der Waals surface area (Å²) in [7, 11) is 0. The maximum absolute atomic E-state index is 12.7. The van der Waals surface area contributed by atoms with Crippen molar-refractivity contribution in [1.29, 1.82) is 0 Å². The van der Waals surface area contributed by atoms with Crippen molar-refractivity contribution < 1.29 is 4.39 Å². The molecular formula is C15H14F. The van der Waals surface area contributed by atoms with E-state index in [1.807, 2.05) is 18.2 Å². The van der Waals surface area contributed by atoms with E-state index in [2.05, 4.69) is 25.5 Å². The number of rotatable bonds is 3. The summed E-state index contributed by atoms with van der Waals surface area (Å²) in [6.45, 7) is 2.14. The fourth-order valence-electron chi connectivity index (χ4n) is 1.72. The second-order valence-corrected chi connectivity index (χ2v) is 3.92. The van der Waals surface area contributed by atoms with Crippen LogP contribution in [0.15, 0.2) is 54.6 Å². The first-order chi connectivity index (χ1) is 7.75. The number of hydrogen-bond donors (Lipinski definition) is 0. The first-order valence-electron chi connectivity index (χ1n) is 5.41. The molecule has 0 fully saturated rings. The highest BCUT2D eigenvalue weighted by Gasteiger charge is 2.06. The number of hydrogen-bond acceptors (Lipinski definition) is 0. The molecule has 0 nitrogen and oxygen atoms in total. The van der Waals surface area contributed by atoms with E-state index in [0.29, 0.717) is 5.92 Å². The summed E-state index contributed by atoms with van der Waals surface area (Å²) in [5.41, 5.74) is 2.32. The average Bonchev–Trinajstić information content (AvgIpc) is 2.33. The lowest BCUT2D eigenvalue weighted by atomic mass is 9.94. The van der Waals surface area contributed by atoms with Gasteiger partial charge in [-0.1, -0.05) is 49.4 Å². The van der Waals surface area contributed by atoms with Crippen LogP contribution in [0.5, 0.6) is 0 Å². The van der Waals surface area contributed by atoms with Crippen molar-refractivity contribution in [3.63, 3.8) is 0 Å². The number of benzene rings is 2. The third-order valence-electron chi connectivity index (χ3n) is 2.64. The average molecular weight is 213 g/mol. The van der Waals surface area contributed by atoms with Crippen LogP contribution in [0.2, 0.25) is 0 Å². The zero-order chi connectivity index (χ0) is 11.4. The Balaban J connectivity index is 2.08. The lowest BCUT2D eigenvalue weighted by molar-refractivity contribution is 0.627. The molecule has 0 aliphatic rings. The van der Waals surface area contributed by atoms with Gasteiger partial charge in [-0.05, 0) is 35.6 Å². The second-order valence-electron chi connectivity index (χ2n) is 3.92. The molecular weight excluding hydrogens is 199 g/mol. The summed E-state index contributed by atoms with van der Waals surface area (Å²) < 4.78 is 12.7. The highest BCUT2D eigenvalue weighted by molar-refractivity contribution is 5.31. The van der Waals surface area contributed by atoms with Gasteiger partial charge in [0.2, 0.25) is 0 Å². The fourth-order valence-corrected chi connectivity index (χ4v) is 1.72. The molecule has 1 unspecified atom stereocenters. The molecule has 1 radical (unpaired) electrons. The Morgan fingerprint density at radius 2 is 1.56 bits per heavy atom. The molecule has 0 N–H and O–H groups in total. The third-order valence-corrected chi connectivity index (χ3v) is 2.64. The predicted octanol–water partition coefficient (Wildman–Crippen LogP) is 4.18. The van der Waals surface area contributed by atoms with E-state index in [0.717, 1.165) is 5.56 Å². The van der Waals surface area contributed by atoms with Crippen molar-refractivity contribution in [2.45, 2.75) is 12.8 Å². The van der Waals surface area contributed by atoms with Crippen LogP contribution in [0.1, 0.15) is 24.0 Å². The van der Waals surface area contributed by atoms with Crippen LogP contribution in [0.3, 0.4) is 0 Å². The SMILES string of the molecule is CC([CH]c1ccc(F)cc1)c1ccccc1. The smallest absolute Gasteiger partial charge is 0.123 e. The molecule has 2 aromatic rings. The van der Waals surface area contributed by atoms with Crippen molar-refractivity contribution in [3.05, 3.63) is 78.0 Å². The summed E-state index contributed by atoms with van der Waals surface area (Å²) >= 11 is 0. The molecule has 0 heterocycles. The fraction of sp³-hybridized carbons (Fsp3) is 0.133. The summed E-state index contributed by atoms with van der Waals surface area (Å²) in [6.07, 6.45) is 2.13. The molecule has 2 aromatic carbocycles. The molecule has 0 spiro atoms. The van der Waals surface area contributed by atoms with Gasteiger partial charge in [0, 0.05) is 0 Å². The quantitative estimate of drug-likeness (QED) is 0.717. The molecule has 0 amide bonds. The molecule has 1 atom stereocenters. The minimum Gasteiger partial charge on any atom is -0.207 e.